The first kappa shape index (κ1) is 18.8. The van der Waals surface area contributed by atoms with Crippen LogP contribution in [0.4, 0.5) is 0 Å². The Morgan fingerprint density at radius 2 is 1.73 bits per heavy atom. The van der Waals surface area contributed by atoms with Gasteiger partial charge in [-0.15, -0.1) is 0 Å². The Balaban J connectivity index is 1.87. The molecule has 3 nitrogen and oxygen atoms in total. The molecular formula is C27H27N2O+. The van der Waals surface area contributed by atoms with E-state index in [0.717, 1.165) is 46.1 Å². The maximum absolute atomic E-state index is 6.36. The number of nitrogens with zero attached hydrogens (tertiary/aromatic N) is 2. The molecule has 5 aromatic rings. The number of benzene rings is 2. The molecule has 0 bridgehead atoms. The van der Waals surface area contributed by atoms with Crippen LogP contribution >= 0.6 is 0 Å². The van der Waals surface area contributed by atoms with Gasteiger partial charge < -0.3 is 4.42 Å². The summed E-state index contributed by atoms with van der Waals surface area (Å²) in [5, 5.41) is 3.54. The number of rotatable bonds is 3. The maximum atomic E-state index is 6.36. The molecule has 0 atom stereocenters. The third-order valence-corrected chi connectivity index (χ3v) is 6.37. The molecule has 0 amide bonds. The summed E-state index contributed by atoms with van der Waals surface area (Å²) < 4.78 is 8.67. The summed E-state index contributed by atoms with van der Waals surface area (Å²) in [5.74, 6) is 0. The van der Waals surface area contributed by atoms with Crippen molar-refractivity contribution < 1.29 is 8.98 Å². The van der Waals surface area contributed by atoms with Crippen LogP contribution < -0.4 is 4.57 Å². The van der Waals surface area contributed by atoms with Crippen molar-refractivity contribution in [1.29, 1.82) is 0 Å². The van der Waals surface area contributed by atoms with E-state index in [9.17, 15) is 0 Å². The van der Waals surface area contributed by atoms with Gasteiger partial charge in [0.2, 0.25) is 16.9 Å². The Morgan fingerprint density at radius 1 is 0.933 bits per heavy atom. The second kappa shape index (κ2) is 6.94. The summed E-state index contributed by atoms with van der Waals surface area (Å²) in [7, 11) is 2.16. The number of furan rings is 1. The molecule has 0 fully saturated rings. The lowest BCUT2D eigenvalue weighted by Crippen LogP contribution is -2.32. The summed E-state index contributed by atoms with van der Waals surface area (Å²) in [6.45, 7) is 8.60. The number of fused-ring (bicyclic) bond motifs is 4. The lowest BCUT2D eigenvalue weighted by Gasteiger charge is -2.11. The van der Waals surface area contributed by atoms with Gasteiger partial charge in [0.1, 0.15) is 7.05 Å². The molecule has 3 heteroatoms. The van der Waals surface area contributed by atoms with Crippen molar-refractivity contribution in [3.63, 3.8) is 0 Å². The van der Waals surface area contributed by atoms with Crippen molar-refractivity contribution in [2.75, 3.05) is 0 Å². The van der Waals surface area contributed by atoms with Crippen LogP contribution in [0.2, 0.25) is 0 Å². The molecule has 0 N–H and O–H groups in total. The highest BCUT2D eigenvalue weighted by Gasteiger charge is 2.24. The van der Waals surface area contributed by atoms with Crippen molar-refractivity contribution in [2.24, 2.45) is 7.05 Å². The van der Waals surface area contributed by atoms with Crippen molar-refractivity contribution >= 4 is 33.0 Å². The molecule has 0 aliphatic rings. The van der Waals surface area contributed by atoms with E-state index in [1.54, 1.807) is 0 Å². The van der Waals surface area contributed by atoms with Crippen LogP contribution in [0.1, 0.15) is 35.7 Å². The monoisotopic (exact) mass is 395 g/mol. The Kier molecular flexibility index (Phi) is 4.35. The molecule has 150 valence electrons. The van der Waals surface area contributed by atoms with E-state index in [-0.39, 0.29) is 0 Å². The van der Waals surface area contributed by atoms with Gasteiger partial charge in [-0.25, -0.2) is 4.98 Å². The number of aromatic nitrogens is 2. The van der Waals surface area contributed by atoms with Crippen molar-refractivity contribution in [3.05, 3.63) is 70.9 Å². The predicted molar refractivity (Wildman–Crippen MR) is 124 cm³/mol. The number of hydrogen-bond acceptors (Lipinski definition) is 2. The van der Waals surface area contributed by atoms with Crippen molar-refractivity contribution in [1.82, 2.24) is 4.98 Å². The highest BCUT2D eigenvalue weighted by Crippen LogP contribution is 2.38. The standard InChI is InChI=1S/C27H27N2O/c1-6-8-19-9-7-10-23-20(19)13-14-24(29(23)5)25-18(4)16(2)15-22-21-12-11-17(3)28-27(21)30-26(22)25/h7,9-15H,6,8H2,1-5H3/q+1. The SMILES string of the molecule is CCCc1cccc2c1ccc(-c1c(C)c(C)cc3c1oc1nc(C)ccc13)[n+]2C. The van der Waals surface area contributed by atoms with Gasteiger partial charge in [-0.05, 0) is 68.1 Å². The maximum Gasteiger partial charge on any atom is 0.227 e. The minimum Gasteiger partial charge on any atom is -0.437 e. The highest BCUT2D eigenvalue weighted by atomic mass is 16.3. The zero-order valence-electron chi connectivity index (χ0n) is 18.3. The van der Waals surface area contributed by atoms with Crippen LogP contribution in [0.15, 0.2) is 52.9 Å². The van der Waals surface area contributed by atoms with Crippen LogP contribution in [0, 0.1) is 20.8 Å². The van der Waals surface area contributed by atoms with Gasteiger partial charge in [0.15, 0.2) is 5.58 Å². The molecule has 0 spiro atoms. The molecule has 0 unspecified atom stereocenters. The van der Waals surface area contributed by atoms with Crippen molar-refractivity contribution in [2.45, 2.75) is 40.5 Å². The first-order valence-corrected chi connectivity index (χ1v) is 10.7. The molecule has 3 heterocycles. The lowest BCUT2D eigenvalue weighted by molar-refractivity contribution is -0.633. The normalized spacial score (nSPS) is 11.8. The van der Waals surface area contributed by atoms with E-state index < -0.39 is 0 Å². The molecule has 0 saturated heterocycles. The fraction of sp³-hybridized carbons (Fsp3) is 0.259. The number of pyridine rings is 2. The molecular weight excluding hydrogens is 368 g/mol. The first-order valence-electron chi connectivity index (χ1n) is 10.7. The van der Waals surface area contributed by atoms with Crippen molar-refractivity contribution in [3.8, 4) is 11.3 Å². The summed E-state index contributed by atoms with van der Waals surface area (Å²) in [4.78, 5) is 4.64. The Morgan fingerprint density at radius 3 is 2.53 bits per heavy atom. The molecule has 2 aromatic carbocycles. The van der Waals surface area contributed by atoms with Gasteiger partial charge in [-0.1, -0.05) is 25.5 Å². The average Bonchev–Trinajstić information content (AvgIpc) is 3.07. The molecule has 0 aliphatic heterocycles. The van der Waals surface area contributed by atoms with Gasteiger partial charge in [0.05, 0.1) is 5.56 Å². The number of aryl methyl sites for hydroxylation is 4. The fourth-order valence-electron chi connectivity index (χ4n) is 4.65. The topological polar surface area (TPSA) is 29.9 Å². The van der Waals surface area contributed by atoms with Gasteiger partial charge in [0.25, 0.3) is 0 Å². The Labute approximate surface area is 177 Å². The van der Waals surface area contributed by atoms with Gasteiger partial charge in [-0.3, -0.25) is 0 Å². The second-order valence-corrected chi connectivity index (χ2v) is 8.36. The Bertz CT molecular complexity index is 1440. The third kappa shape index (κ3) is 2.72. The first-order chi connectivity index (χ1) is 14.5. The van der Waals surface area contributed by atoms with Crippen LogP contribution in [0.5, 0.6) is 0 Å². The summed E-state index contributed by atoms with van der Waals surface area (Å²) in [5.41, 5.74) is 10.1. The van der Waals surface area contributed by atoms with E-state index in [2.05, 4.69) is 85.9 Å². The van der Waals surface area contributed by atoms with Gasteiger partial charge >= 0.3 is 0 Å². The van der Waals surface area contributed by atoms with E-state index in [1.165, 1.54) is 27.6 Å². The van der Waals surface area contributed by atoms with Crippen LogP contribution in [-0.4, -0.2) is 4.98 Å². The molecule has 0 saturated carbocycles. The Hall–Kier alpha value is -3.20. The lowest BCUT2D eigenvalue weighted by atomic mass is 9.95. The van der Waals surface area contributed by atoms with Crippen LogP contribution in [0.3, 0.4) is 0 Å². The van der Waals surface area contributed by atoms with Gasteiger partial charge in [0, 0.05) is 34.0 Å². The smallest absolute Gasteiger partial charge is 0.227 e. The zero-order chi connectivity index (χ0) is 21.0. The third-order valence-electron chi connectivity index (χ3n) is 6.37. The van der Waals surface area contributed by atoms with Crippen LogP contribution in [0.25, 0.3) is 44.2 Å². The summed E-state index contributed by atoms with van der Waals surface area (Å²) in [6.07, 6.45) is 2.24. The molecule has 0 radical (unpaired) electrons. The molecule has 30 heavy (non-hydrogen) atoms. The van der Waals surface area contributed by atoms with E-state index in [1.807, 2.05) is 6.92 Å². The van der Waals surface area contributed by atoms with Gasteiger partial charge in [-0.2, -0.15) is 4.57 Å². The van der Waals surface area contributed by atoms with Crippen LogP contribution in [-0.2, 0) is 13.5 Å². The summed E-state index contributed by atoms with van der Waals surface area (Å²) >= 11 is 0. The zero-order valence-corrected chi connectivity index (χ0v) is 18.3. The number of hydrogen-bond donors (Lipinski definition) is 0. The highest BCUT2D eigenvalue weighted by molar-refractivity contribution is 6.09. The fourth-order valence-corrected chi connectivity index (χ4v) is 4.65. The van der Waals surface area contributed by atoms with E-state index in [4.69, 9.17) is 4.42 Å². The average molecular weight is 396 g/mol. The molecule has 5 rings (SSSR count). The quantitative estimate of drug-likeness (QED) is 0.326. The largest absolute Gasteiger partial charge is 0.437 e. The molecule has 0 aliphatic carbocycles. The summed E-state index contributed by atoms with van der Waals surface area (Å²) in [6, 6.07) is 17.6. The minimum atomic E-state index is 0.713. The minimum absolute atomic E-state index is 0.713. The second-order valence-electron chi connectivity index (χ2n) is 8.36. The molecule has 3 aromatic heterocycles. The van der Waals surface area contributed by atoms with E-state index in [0.29, 0.717) is 5.71 Å². The predicted octanol–water partition coefficient (Wildman–Crippen LogP) is 6.50. The van der Waals surface area contributed by atoms with E-state index >= 15 is 0 Å².